The fraction of sp³-hybridized carbons (Fsp3) is 0.240. The van der Waals surface area contributed by atoms with Crippen molar-refractivity contribution in [3.8, 4) is 16.8 Å². The van der Waals surface area contributed by atoms with Gasteiger partial charge in [0.1, 0.15) is 12.1 Å². The summed E-state index contributed by atoms with van der Waals surface area (Å²) in [4.78, 5) is 20.9. The van der Waals surface area contributed by atoms with Crippen LogP contribution in [0.3, 0.4) is 0 Å². The molecule has 1 saturated heterocycles. The summed E-state index contributed by atoms with van der Waals surface area (Å²) >= 11 is 6.40. The van der Waals surface area contributed by atoms with Gasteiger partial charge < -0.3 is 20.4 Å². The zero-order valence-corrected chi connectivity index (χ0v) is 19.0. The number of nitrogens with one attached hydrogen (secondary N) is 1. The maximum absolute atomic E-state index is 11.7. The molecule has 5 rings (SSSR count). The fourth-order valence-corrected chi connectivity index (χ4v) is 4.56. The number of amides is 1. The number of benzene rings is 2. The minimum absolute atomic E-state index is 0.271. The number of primary amides is 1. The quantitative estimate of drug-likeness (QED) is 0.447. The molecule has 1 aliphatic rings. The highest BCUT2D eigenvalue weighted by Gasteiger charge is 2.21. The monoisotopic (exact) mass is 461 g/mol. The summed E-state index contributed by atoms with van der Waals surface area (Å²) in [5.41, 5.74) is 10.5. The zero-order valence-electron chi connectivity index (χ0n) is 18.2. The van der Waals surface area contributed by atoms with Gasteiger partial charge in [-0.2, -0.15) is 0 Å². The number of carbonyl (C=O) groups is 1. The van der Waals surface area contributed by atoms with Gasteiger partial charge >= 0.3 is 0 Å². The number of hydrogen-bond donors (Lipinski definition) is 2. The number of aromatic nitrogens is 3. The SMILES string of the molecule is Cc1cccc(-n2cc(-c3ccc(C(N)=O)c(Cl)c3)c3c(NC4CCOCC4)ncnc32)c1. The Balaban J connectivity index is 1.71. The van der Waals surface area contributed by atoms with Crippen molar-refractivity contribution in [2.45, 2.75) is 25.8 Å². The van der Waals surface area contributed by atoms with Crippen LogP contribution in [0.4, 0.5) is 5.82 Å². The largest absolute Gasteiger partial charge is 0.381 e. The van der Waals surface area contributed by atoms with Crippen molar-refractivity contribution in [1.29, 1.82) is 0 Å². The second-order valence-electron chi connectivity index (χ2n) is 8.26. The first-order chi connectivity index (χ1) is 16.0. The van der Waals surface area contributed by atoms with Gasteiger partial charge in [0.2, 0.25) is 5.91 Å². The molecule has 1 fully saturated rings. The molecule has 0 unspecified atom stereocenters. The first kappa shape index (κ1) is 21.4. The van der Waals surface area contributed by atoms with Crippen molar-refractivity contribution in [2.24, 2.45) is 5.73 Å². The maximum atomic E-state index is 11.7. The Morgan fingerprint density at radius 1 is 1.18 bits per heavy atom. The van der Waals surface area contributed by atoms with Crippen molar-refractivity contribution in [3.05, 3.63) is 71.1 Å². The number of anilines is 1. The highest BCUT2D eigenvalue weighted by atomic mass is 35.5. The van der Waals surface area contributed by atoms with Gasteiger partial charge in [0.05, 0.1) is 16.0 Å². The highest BCUT2D eigenvalue weighted by Crippen LogP contribution is 2.37. The third-order valence-electron chi connectivity index (χ3n) is 5.97. The summed E-state index contributed by atoms with van der Waals surface area (Å²) < 4.78 is 7.57. The van der Waals surface area contributed by atoms with E-state index >= 15 is 0 Å². The predicted molar refractivity (Wildman–Crippen MR) is 130 cm³/mol. The van der Waals surface area contributed by atoms with E-state index in [-0.39, 0.29) is 6.04 Å². The molecule has 168 valence electrons. The number of halogens is 1. The average Bonchev–Trinajstić information content (AvgIpc) is 3.20. The molecule has 2 aromatic carbocycles. The minimum Gasteiger partial charge on any atom is -0.381 e. The molecule has 4 aromatic rings. The third-order valence-corrected chi connectivity index (χ3v) is 6.28. The van der Waals surface area contributed by atoms with Crippen LogP contribution in [0.15, 0.2) is 55.0 Å². The lowest BCUT2D eigenvalue weighted by Crippen LogP contribution is -2.28. The molecule has 3 N–H and O–H groups in total. The van der Waals surface area contributed by atoms with E-state index in [2.05, 4.69) is 38.9 Å². The normalized spacial score (nSPS) is 14.5. The molecule has 2 aromatic heterocycles. The number of fused-ring (bicyclic) bond motifs is 1. The van der Waals surface area contributed by atoms with Crippen LogP contribution in [0.2, 0.25) is 5.02 Å². The first-order valence-electron chi connectivity index (χ1n) is 10.9. The number of ether oxygens (including phenoxy) is 1. The second-order valence-corrected chi connectivity index (χ2v) is 8.67. The average molecular weight is 462 g/mol. The van der Waals surface area contributed by atoms with E-state index in [9.17, 15) is 4.79 Å². The van der Waals surface area contributed by atoms with Gasteiger partial charge in [-0.15, -0.1) is 0 Å². The van der Waals surface area contributed by atoms with Gasteiger partial charge in [0, 0.05) is 36.7 Å². The lowest BCUT2D eigenvalue weighted by molar-refractivity contribution is 0.0904. The Kier molecular flexibility index (Phi) is 5.74. The summed E-state index contributed by atoms with van der Waals surface area (Å²) in [5.74, 6) is 0.211. The summed E-state index contributed by atoms with van der Waals surface area (Å²) in [6.45, 7) is 3.52. The summed E-state index contributed by atoms with van der Waals surface area (Å²) in [5, 5.41) is 4.81. The van der Waals surface area contributed by atoms with Crippen LogP contribution in [-0.4, -0.2) is 39.7 Å². The van der Waals surface area contributed by atoms with Crippen LogP contribution >= 0.6 is 11.6 Å². The summed E-state index contributed by atoms with van der Waals surface area (Å²) in [6, 6.07) is 13.8. The smallest absolute Gasteiger partial charge is 0.250 e. The van der Waals surface area contributed by atoms with Gasteiger partial charge in [0.25, 0.3) is 0 Å². The number of nitrogens with zero attached hydrogens (tertiary/aromatic N) is 3. The molecule has 33 heavy (non-hydrogen) atoms. The highest BCUT2D eigenvalue weighted by molar-refractivity contribution is 6.34. The second kappa shape index (κ2) is 8.84. The molecule has 0 saturated carbocycles. The fourth-order valence-electron chi connectivity index (χ4n) is 4.28. The van der Waals surface area contributed by atoms with Crippen molar-refractivity contribution in [1.82, 2.24) is 14.5 Å². The van der Waals surface area contributed by atoms with Crippen molar-refractivity contribution >= 4 is 34.4 Å². The van der Waals surface area contributed by atoms with E-state index < -0.39 is 5.91 Å². The Bertz CT molecular complexity index is 1340. The molecular weight excluding hydrogens is 438 g/mol. The number of aryl methyl sites for hydroxylation is 1. The van der Waals surface area contributed by atoms with E-state index in [1.54, 1.807) is 18.5 Å². The molecule has 3 heterocycles. The lowest BCUT2D eigenvalue weighted by Gasteiger charge is -2.24. The molecule has 8 heteroatoms. The Labute approximate surface area is 196 Å². The first-order valence-corrected chi connectivity index (χ1v) is 11.3. The molecule has 7 nitrogen and oxygen atoms in total. The topological polar surface area (TPSA) is 95.1 Å². The van der Waals surface area contributed by atoms with E-state index in [4.69, 9.17) is 22.1 Å². The van der Waals surface area contributed by atoms with Crippen molar-refractivity contribution < 1.29 is 9.53 Å². The van der Waals surface area contributed by atoms with Gasteiger partial charge in [-0.25, -0.2) is 9.97 Å². The van der Waals surface area contributed by atoms with Crippen LogP contribution in [-0.2, 0) is 4.74 Å². The van der Waals surface area contributed by atoms with E-state index in [0.29, 0.717) is 10.6 Å². The van der Waals surface area contributed by atoms with Gasteiger partial charge in [0.15, 0.2) is 5.65 Å². The van der Waals surface area contributed by atoms with Crippen LogP contribution in [0, 0.1) is 6.92 Å². The predicted octanol–water partition coefficient (Wildman–Crippen LogP) is 4.74. The molecule has 0 radical (unpaired) electrons. The van der Waals surface area contributed by atoms with Crippen molar-refractivity contribution in [3.63, 3.8) is 0 Å². The minimum atomic E-state index is -0.557. The number of hydrogen-bond acceptors (Lipinski definition) is 5. The van der Waals surface area contributed by atoms with Gasteiger partial charge in [-0.3, -0.25) is 4.79 Å². The molecule has 0 spiro atoms. The number of rotatable bonds is 5. The Hall–Kier alpha value is -3.42. The summed E-state index contributed by atoms with van der Waals surface area (Å²) in [7, 11) is 0. The van der Waals surface area contributed by atoms with Crippen LogP contribution in [0.1, 0.15) is 28.8 Å². The Morgan fingerprint density at radius 2 is 2.00 bits per heavy atom. The number of nitrogens with two attached hydrogens (primary N) is 1. The van der Waals surface area contributed by atoms with E-state index in [1.807, 2.05) is 24.4 Å². The Morgan fingerprint density at radius 3 is 2.73 bits per heavy atom. The number of carbonyl (C=O) groups excluding carboxylic acids is 1. The van der Waals surface area contributed by atoms with Gasteiger partial charge in [-0.05, 0) is 55.2 Å². The molecular formula is C25H24ClN5O2. The zero-order chi connectivity index (χ0) is 22.9. The van der Waals surface area contributed by atoms with Crippen LogP contribution < -0.4 is 11.1 Å². The summed E-state index contributed by atoms with van der Waals surface area (Å²) in [6.07, 6.45) is 5.46. The van der Waals surface area contributed by atoms with Gasteiger partial charge in [-0.1, -0.05) is 29.8 Å². The standard InChI is InChI=1S/C25H24ClN5O2/c1-15-3-2-4-18(11-15)31-13-20(16-5-6-19(23(27)32)21(26)12-16)22-24(28-14-29-25(22)31)30-17-7-9-33-10-8-17/h2-6,11-14,17H,7-10H2,1H3,(H2,27,32)(H,28,29,30). The molecule has 0 bridgehead atoms. The molecule has 0 atom stereocenters. The van der Waals surface area contributed by atoms with Crippen LogP contribution in [0.25, 0.3) is 27.8 Å². The molecule has 1 amide bonds. The molecule has 1 aliphatic heterocycles. The lowest BCUT2D eigenvalue weighted by atomic mass is 10.0. The maximum Gasteiger partial charge on any atom is 0.250 e. The van der Waals surface area contributed by atoms with Crippen LogP contribution in [0.5, 0.6) is 0 Å². The molecule has 0 aliphatic carbocycles. The van der Waals surface area contributed by atoms with E-state index in [0.717, 1.165) is 65.3 Å². The van der Waals surface area contributed by atoms with Crippen molar-refractivity contribution in [2.75, 3.05) is 18.5 Å². The van der Waals surface area contributed by atoms with E-state index in [1.165, 1.54) is 0 Å². The third kappa shape index (κ3) is 4.17.